The van der Waals surface area contributed by atoms with Crippen LogP contribution < -0.4 is 16.6 Å². The maximum absolute atomic E-state index is 10.8. The molecular weight excluding hydrogens is 216 g/mol. The van der Waals surface area contributed by atoms with Gasteiger partial charge in [0.1, 0.15) is 9.84 Å². The Bertz CT molecular complexity index is 298. The number of rotatable bonds is 5. The van der Waals surface area contributed by atoms with Crippen LogP contribution >= 0.6 is 0 Å². The average molecular weight is 236 g/mol. The molecule has 0 amide bonds. The Kier molecular flexibility index (Phi) is 6.26. The second-order valence-corrected chi connectivity index (χ2v) is 5.92. The molecule has 0 heterocycles. The predicted octanol–water partition coefficient (Wildman–Crippen LogP) is -0.762. The second-order valence-electron chi connectivity index (χ2n) is 3.66. The number of aliphatic imine (C=N–C) groups is 1. The first-order valence-corrected chi connectivity index (χ1v) is 6.86. The highest BCUT2D eigenvalue weighted by atomic mass is 32.2. The van der Waals surface area contributed by atoms with E-state index < -0.39 is 9.84 Å². The van der Waals surface area contributed by atoms with E-state index in [-0.39, 0.29) is 11.8 Å². The van der Waals surface area contributed by atoms with Gasteiger partial charge < -0.3 is 5.32 Å². The summed E-state index contributed by atoms with van der Waals surface area (Å²) < 4.78 is 21.6. The van der Waals surface area contributed by atoms with Crippen LogP contribution in [0.25, 0.3) is 0 Å². The van der Waals surface area contributed by atoms with Crippen molar-refractivity contribution in [3.05, 3.63) is 0 Å². The average Bonchev–Trinajstić information content (AvgIpc) is 2.08. The SMILES string of the molecule is CC(C)NC(=NCCCS(C)(=O)=O)NN. The first kappa shape index (κ1) is 14.2. The number of hydrazine groups is 1. The van der Waals surface area contributed by atoms with Crippen LogP contribution in [0, 0.1) is 0 Å². The van der Waals surface area contributed by atoms with Gasteiger partial charge in [0.2, 0.25) is 5.96 Å². The molecule has 6 nitrogen and oxygen atoms in total. The third-order valence-electron chi connectivity index (χ3n) is 1.51. The van der Waals surface area contributed by atoms with Crippen molar-refractivity contribution >= 4 is 15.8 Å². The molecule has 15 heavy (non-hydrogen) atoms. The van der Waals surface area contributed by atoms with E-state index in [1.165, 1.54) is 6.26 Å². The van der Waals surface area contributed by atoms with Crippen LogP contribution in [-0.2, 0) is 9.84 Å². The molecule has 0 unspecified atom stereocenters. The van der Waals surface area contributed by atoms with Crippen molar-refractivity contribution in [1.82, 2.24) is 10.7 Å². The van der Waals surface area contributed by atoms with Crippen molar-refractivity contribution in [2.75, 3.05) is 18.6 Å². The summed E-state index contributed by atoms with van der Waals surface area (Å²) in [5.74, 6) is 5.86. The molecule has 0 saturated heterocycles. The fourth-order valence-corrected chi connectivity index (χ4v) is 1.58. The van der Waals surface area contributed by atoms with Crippen molar-refractivity contribution in [2.24, 2.45) is 10.8 Å². The van der Waals surface area contributed by atoms with Gasteiger partial charge in [0.05, 0.1) is 5.75 Å². The molecule has 0 rings (SSSR count). The van der Waals surface area contributed by atoms with E-state index in [0.29, 0.717) is 18.9 Å². The van der Waals surface area contributed by atoms with E-state index in [9.17, 15) is 8.42 Å². The van der Waals surface area contributed by atoms with Crippen molar-refractivity contribution in [3.8, 4) is 0 Å². The highest BCUT2D eigenvalue weighted by Crippen LogP contribution is 1.89. The van der Waals surface area contributed by atoms with Gasteiger partial charge >= 0.3 is 0 Å². The second kappa shape index (κ2) is 6.62. The van der Waals surface area contributed by atoms with Gasteiger partial charge in [-0.3, -0.25) is 10.4 Å². The molecule has 7 heteroatoms. The molecule has 0 aliphatic carbocycles. The summed E-state index contributed by atoms with van der Waals surface area (Å²) in [5, 5.41) is 2.99. The van der Waals surface area contributed by atoms with Crippen molar-refractivity contribution in [3.63, 3.8) is 0 Å². The molecule has 0 spiro atoms. The molecule has 0 aromatic heterocycles. The Balaban J connectivity index is 3.92. The molecule has 0 aliphatic heterocycles. The Morgan fingerprint density at radius 1 is 1.47 bits per heavy atom. The van der Waals surface area contributed by atoms with Crippen LogP contribution in [0.4, 0.5) is 0 Å². The lowest BCUT2D eigenvalue weighted by Gasteiger charge is -2.11. The number of nitrogens with one attached hydrogen (secondary N) is 2. The number of nitrogens with two attached hydrogens (primary N) is 1. The van der Waals surface area contributed by atoms with E-state index >= 15 is 0 Å². The Morgan fingerprint density at radius 3 is 2.47 bits per heavy atom. The molecule has 0 aromatic rings. The van der Waals surface area contributed by atoms with E-state index in [1.54, 1.807) is 0 Å². The first-order valence-electron chi connectivity index (χ1n) is 4.80. The summed E-state index contributed by atoms with van der Waals surface area (Å²) in [7, 11) is -2.89. The lowest BCUT2D eigenvalue weighted by Crippen LogP contribution is -2.44. The lowest BCUT2D eigenvalue weighted by atomic mass is 10.4. The first-order chi connectivity index (χ1) is 6.85. The molecule has 0 fully saturated rings. The van der Waals surface area contributed by atoms with Crippen LogP contribution in [0.15, 0.2) is 4.99 Å². The zero-order valence-electron chi connectivity index (χ0n) is 9.45. The molecule has 0 radical (unpaired) electrons. The molecule has 0 aromatic carbocycles. The standard InChI is InChI=1S/C8H20N4O2S/c1-7(2)11-8(12-9)10-5-4-6-15(3,13)14/h7H,4-6,9H2,1-3H3,(H2,10,11,12). The molecule has 0 aliphatic rings. The van der Waals surface area contributed by atoms with Gasteiger partial charge in [-0.2, -0.15) is 0 Å². The number of hydrogen-bond acceptors (Lipinski definition) is 4. The van der Waals surface area contributed by atoms with Crippen molar-refractivity contribution in [1.29, 1.82) is 0 Å². The summed E-state index contributed by atoms with van der Waals surface area (Å²) in [6, 6.07) is 0.231. The Labute approximate surface area is 91.2 Å². The highest BCUT2D eigenvalue weighted by molar-refractivity contribution is 7.90. The topological polar surface area (TPSA) is 96.6 Å². The molecule has 90 valence electrons. The number of hydrogen-bond donors (Lipinski definition) is 3. The summed E-state index contributed by atoms with van der Waals surface area (Å²) in [4.78, 5) is 4.09. The maximum Gasteiger partial charge on any atom is 0.205 e. The number of nitrogens with zero attached hydrogens (tertiary/aromatic N) is 1. The minimum atomic E-state index is -2.89. The third-order valence-corrected chi connectivity index (χ3v) is 2.54. The van der Waals surface area contributed by atoms with Crippen LogP contribution in [0.3, 0.4) is 0 Å². The molecular formula is C8H20N4O2S. The van der Waals surface area contributed by atoms with Gasteiger partial charge in [-0.25, -0.2) is 14.3 Å². The largest absolute Gasteiger partial charge is 0.353 e. The van der Waals surface area contributed by atoms with E-state index in [2.05, 4.69) is 15.7 Å². The van der Waals surface area contributed by atoms with E-state index in [0.717, 1.165) is 0 Å². The summed E-state index contributed by atoms with van der Waals surface area (Å²) in [6.07, 6.45) is 1.72. The van der Waals surface area contributed by atoms with Crippen LogP contribution in [0.5, 0.6) is 0 Å². The molecule has 0 atom stereocenters. The van der Waals surface area contributed by atoms with E-state index in [1.807, 2.05) is 13.8 Å². The predicted molar refractivity (Wildman–Crippen MR) is 62.2 cm³/mol. The minimum Gasteiger partial charge on any atom is -0.353 e. The zero-order valence-corrected chi connectivity index (χ0v) is 10.3. The van der Waals surface area contributed by atoms with E-state index in [4.69, 9.17) is 5.84 Å². The summed E-state index contributed by atoms with van der Waals surface area (Å²) >= 11 is 0. The number of guanidine groups is 1. The zero-order chi connectivity index (χ0) is 11.9. The quantitative estimate of drug-likeness (QED) is 0.192. The lowest BCUT2D eigenvalue weighted by molar-refractivity contribution is 0.599. The highest BCUT2D eigenvalue weighted by Gasteiger charge is 2.01. The summed E-state index contributed by atoms with van der Waals surface area (Å²) in [6.45, 7) is 4.36. The Hall–Kier alpha value is -0.820. The third kappa shape index (κ3) is 9.48. The fraction of sp³-hybridized carbons (Fsp3) is 0.875. The van der Waals surface area contributed by atoms with Crippen LogP contribution in [-0.4, -0.2) is 39.0 Å². The van der Waals surface area contributed by atoms with Crippen molar-refractivity contribution < 1.29 is 8.42 Å². The van der Waals surface area contributed by atoms with Gasteiger partial charge in [0.15, 0.2) is 0 Å². The van der Waals surface area contributed by atoms with Gasteiger partial charge in [-0.1, -0.05) is 0 Å². The van der Waals surface area contributed by atoms with Crippen LogP contribution in [0.2, 0.25) is 0 Å². The Morgan fingerprint density at radius 2 is 2.07 bits per heavy atom. The van der Waals surface area contributed by atoms with Crippen LogP contribution in [0.1, 0.15) is 20.3 Å². The smallest absolute Gasteiger partial charge is 0.205 e. The van der Waals surface area contributed by atoms with Crippen molar-refractivity contribution in [2.45, 2.75) is 26.3 Å². The molecule has 0 saturated carbocycles. The molecule has 0 bridgehead atoms. The van der Waals surface area contributed by atoms with Gasteiger partial charge in [0, 0.05) is 18.8 Å². The van der Waals surface area contributed by atoms with Gasteiger partial charge in [-0.15, -0.1) is 0 Å². The van der Waals surface area contributed by atoms with Gasteiger partial charge in [0.25, 0.3) is 0 Å². The van der Waals surface area contributed by atoms with Gasteiger partial charge in [-0.05, 0) is 20.3 Å². The maximum atomic E-state index is 10.8. The normalized spacial score (nSPS) is 13.0. The molecule has 4 N–H and O–H groups in total. The monoisotopic (exact) mass is 236 g/mol. The number of sulfone groups is 1. The fourth-order valence-electron chi connectivity index (χ4n) is 0.924. The summed E-state index contributed by atoms with van der Waals surface area (Å²) in [5.41, 5.74) is 2.42. The minimum absolute atomic E-state index is 0.149.